The minimum absolute atomic E-state index is 0.0305. The predicted octanol–water partition coefficient (Wildman–Crippen LogP) is 11.1. The zero-order valence-corrected chi connectivity index (χ0v) is 38.1. The van der Waals surface area contributed by atoms with Crippen molar-refractivity contribution in [2.75, 3.05) is 5.75 Å². The van der Waals surface area contributed by atoms with Gasteiger partial charge >= 0.3 is 30.4 Å². The molecule has 0 radical (unpaired) electrons. The molecule has 11 nitrogen and oxygen atoms in total. The quantitative estimate of drug-likeness (QED) is 0.0397. The van der Waals surface area contributed by atoms with Crippen LogP contribution < -0.4 is 0 Å². The molecule has 0 saturated heterocycles. The highest BCUT2D eigenvalue weighted by Gasteiger charge is 2.37. The minimum atomic E-state index is -5.64. The van der Waals surface area contributed by atoms with Crippen LogP contribution in [-0.4, -0.2) is 53.1 Å². The van der Waals surface area contributed by atoms with Gasteiger partial charge in [-0.15, -0.1) is 0 Å². The van der Waals surface area contributed by atoms with Crippen LogP contribution in [0.4, 0.5) is 52.7 Å². The molecule has 0 amide bonds. The predicted molar refractivity (Wildman–Crippen MR) is 209 cm³/mol. The highest BCUT2D eigenvalue weighted by atomic mass is 32.2. The summed E-state index contributed by atoms with van der Waals surface area (Å²) in [6, 6.07) is 0. The smallest absolute Gasteiger partial charge is 0.282 e. The van der Waals surface area contributed by atoms with E-state index < -0.39 is 146 Å². The van der Waals surface area contributed by atoms with Gasteiger partial charge in [0.1, 0.15) is 4.90 Å². The standard InChI is InChI=1S/C24H38F4O5S2.2C7H4F4O3S/c1-2-3-4-5-6-7-8-9-10-11-12-13-14-15-16-17-18-34(29,30)23-19(25)21(27)24(35(31,32)33)22(28)20(23)26;2*1-2-3(8)5(10)7(15(12,13)14)6(11)4(2)9/h2-18H2,1H3,(H,31,32,33);2*1H3,(H,12,13,14). The van der Waals surface area contributed by atoms with Gasteiger partial charge in [-0.25, -0.2) is 61.1 Å². The Bertz CT molecular complexity index is 2410. The zero-order valence-electron chi connectivity index (χ0n) is 34.8. The van der Waals surface area contributed by atoms with E-state index in [1.165, 1.54) is 57.8 Å². The lowest BCUT2D eigenvalue weighted by atomic mass is 10.0. The molecule has 0 fully saturated rings. The second kappa shape index (κ2) is 25.6. The van der Waals surface area contributed by atoms with Gasteiger partial charge in [0.05, 0.1) is 5.75 Å². The fourth-order valence-corrected chi connectivity index (χ4v) is 9.34. The van der Waals surface area contributed by atoms with Crippen molar-refractivity contribution in [3.8, 4) is 0 Å². The zero-order chi connectivity index (χ0) is 50.4. The molecular weight excluding hydrogens is 989 g/mol. The summed E-state index contributed by atoms with van der Waals surface area (Å²) in [6.45, 7) is 3.66. The first kappa shape index (κ1) is 59.5. The molecule has 3 N–H and O–H groups in total. The first-order valence-electron chi connectivity index (χ1n) is 19.5. The van der Waals surface area contributed by atoms with Crippen molar-refractivity contribution >= 4 is 40.2 Å². The van der Waals surface area contributed by atoms with Crippen molar-refractivity contribution in [2.45, 2.75) is 143 Å². The number of hydrogen-bond donors (Lipinski definition) is 3. The van der Waals surface area contributed by atoms with Crippen LogP contribution in [0, 0.1) is 83.7 Å². The van der Waals surface area contributed by atoms with Gasteiger partial charge in [-0.1, -0.05) is 103 Å². The summed E-state index contributed by atoms with van der Waals surface area (Å²) < 4.78 is 272. The molecule has 3 aromatic rings. The van der Waals surface area contributed by atoms with Gasteiger partial charge in [0.25, 0.3) is 0 Å². The van der Waals surface area contributed by atoms with Crippen LogP contribution in [-0.2, 0) is 40.2 Å². The van der Waals surface area contributed by atoms with Crippen molar-refractivity contribution in [3.05, 3.63) is 80.9 Å². The Hall–Kier alpha value is -3.50. The topological polar surface area (TPSA) is 197 Å². The minimum Gasteiger partial charge on any atom is -0.282 e. The van der Waals surface area contributed by atoms with Crippen molar-refractivity contribution in [1.82, 2.24) is 0 Å². The molecule has 0 aliphatic rings. The molecule has 0 aliphatic heterocycles. The molecule has 0 aromatic heterocycles. The van der Waals surface area contributed by atoms with E-state index in [2.05, 4.69) is 6.92 Å². The lowest BCUT2D eigenvalue weighted by molar-refractivity contribution is 0.380. The molecule has 0 atom stereocenters. The molecule has 0 aliphatic carbocycles. The van der Waals surface area contributed by atoms with Crippen molar-refractivity contribution in [2.24, 2.45) is 0 Å². The van der Waals surface area contributed by atoms with Gasteiger partial charge in [-0.05, 0) is 20.3 Å². The van der Waals surface area contributed by atoms with E-state index in [1.54, 1.807) is 0 Å². The largest absolute Gasteiger partial charge is 0.300 e. The maximum Gasteiger partial charge on any atom is 0.300 e. The Morgan fingerprint density at radius 3 is 0.708 bits per heavy atom. The van der Waals surface area contributed by atoms with Gasteiger partial charge in [-0.2, -0.15) is 25.3 Å². The molecule has 0 spiro atoms. The summed E-state index contributed by atoms with van der Waals surface area (Å²) in [5, 5.41) is 0. The second-order valence-electron chi connectivity index (χ2n) is 14.4. The maximum atomic E-state index is 14.1. The van der Waals surface area contributed by atoms with E-state index in [9.17, 15) is 86.4 Å². The average Bonchev–Trinajstić information content (AvgIpc) is 3.19. The molecule has 0 saturated carbocycles. The monoisotopic (exact) mass is 1030 g/mol. The van der Waals surface area contributed by atoms with Crippen LogP contribution in [0.5, 0.6) is 0 Å². The van der Waals surface area contributed by atoms with E-state index in [4.69, 9.17) is 13.7 Å². The highest BCUT2D eigenvalue weighted by molar-refractivity contribution is 7.91. The fraction of sp³-hybridized carbons (Fsp3) is 0.526. The summed E-state index contributed by atoms with van der Waals surface area (Å²) in [6.07, 6.45) is 16.9. The molecule has 372 valence electrons. The maximum absolute atomic E-state index is 14.1. The fourth-order valence-electron chi connectivity index (χ4n) is 5.93. The Kier molecular flexibility index (Phi) is 23.4. The molecule has 27 heteroatoms. The third-order valence-electron chi connectivity index (χ3n) is 9.42. The van der Waals surface area contributed by atoms with Gasteiger partial charge in [0.2, 0.25) is 0 Å². The normalized spacial score (nSPS) is 12.2. The lowest BCUT2D eigenvalue weighted by Gasteiger charge is -2.11. The van der Waals surface area contributed by atoms with Gasteiger partial charge in [0.15, 0.2) is 94.3 Å². The Labute approximate surface area is 368 Å². The van der Waals surface area contributed by atoms with Crippen LogP contribution in [0.1, 0.15) is 121 Å². The van der Waals surface area contributed by atoms with E-state index in [1.807, 2.05) is 0 Å². The first-order chi connectivity index (χ1) is 29.8. The third kappa shape index (κ3) is 16.7. The number of sulfone groups is 1. The number of rotatable bonds is 21. The number of hydrogen-bond acceptors (Lipinski definition) is 8. The average molecular weight is 1040 g/mol. The number of benzene rings is 3. The summed E-state index contributed by atoms with van der Waals surface area (Å²) in [7, 11) is -21.1. The van der Waals surface area contributed by atoms with Crippen LogP contribution >= 0.6 is 0 Å². The number of unbranched alkanes of at least 4 members (excludes halogenated alkanes) is 15. The van der Waals surface area contributed by atoms with Crippen LogP contribution in [0.25, 0.3) is 0 Å². The Morgan fingerprint density at radius 2 is 0.492 bits per heavy atom. The van der Waals surface area contributed by atoms with Gasteiger partial charge in [0, 0.05) is 11.1 Å². The number of halogens is 12. The molecule has 3 rings (SSSR count). The summed E-state index contributed by atoms with van der Waals surface area (Å²) in [5.74, 6) is -26.4. The van der Waals surface area contributed by atoms with E-state index >= 15 is 0 Å². The van der Waals surface area contributed by atoms with Crippen LogP contribution in [0.3, 0.4) is 0 Å². The SMILES string of the molecule is CCCCCCCCCCCCCCCCCCS(=O)(=O)c1c(F)c(F)c(S(=O)(=O)O)c(F)c1F.Cc1c(F)c(F)c(S(=O)(=O)O)c(F)c1F.Cc1c(F)c(F)c(S(=O)(=O)O)c(F)c1F. The summed E-state index contributed by atoms with van der Waals surface area (Å²) >= 11 is 0. The van der Waals surface area contributed by atoms with E-state index in [0.29, 0.717) is 12.8 Å². The summed E-state index contributed by atoms with van der Waals surface area (Å²) in [5.41, 5.74) is -2.00. The first-order valence-corrected chi connectivity index (χ1v) is 25.4. The summed E-state index contributed by atoms with van der Waals surface area (Å²) in [4.78, 5) is -8.17. The van der Waals surface area contributed by atoms with Crippen LogP contribution in [0.2, 0.25) is 0 Å². The molecule has 0 bridgehead atoms. The molecule has 65 heavy (non-hydrogen) atoms. The van der Waals surface area contributed by atoms with Crippen molar-refractivity contribution < 1.29 is 100 Å². The van der Waals surface area contributed by atoms with Crippen molar-refractivity contribution in [1.29, 1.82) is 0 Å². The van der Waals surface area contributed by atoms with E-state index in [-0.39, 0.29) is 6.42 Å². The Morgan fingerprint density at radius 1 is 0.308 bits per heavy atom. The lowest BCUT2D eigenvalue weighted by Crippen LogP contribution is -2.18. The van der Waals surface area contributed by atoms with Crippen LogP contribution in [0.15, 0.2) is 19.6 Å². The molecular formula is C38H46F12O11S4. The molecule has 3 aromatic carbocycles. The Balaban J connectivity index is 0.000000574. The molecule has 0 unspecified atom stereocenters. The van der Waals surface area contributed by atoms with E-state index in [0.717, 1.165) is 39.5 Å². The third-order valence-corrected chi connectivity index (χ3v) is 13.8. The second-order valence-corrected chi connectivity index (χ2v) is 20.5. The van der Waals surface area contributed by atoms with Gasteiger partial charge < -0.3 is 0 Å². The highest BCUT2D eigenvalue weighted by Crippen LogP contribution is 2.32. The van der Waals surface area contributed by atoms with Gasteiger partial charge in [-0.3, -0.25) is 13.7 Å². The van der Waals surface area contributed by atoms with Crippen molar-refractivity contribution in [3.63, 3.8) is 0 Å². The molecule has 0 heterocycles.